The lowest BCUT2D eigenvalue weighted by molar-refractivity contribution is 0.270. The van der Waals surface area contributed by atoms with Gasteiger partial charge in [0.2, 0.25) is 10.0 Å². The fourth-order valence-corrected chi connectivity index (χ4v) is 3.67. The molecule has 0 aliphatic carbocycles. The zero-order valence-corrected chi connectivity index (χ0v) is 12.9. The van der Waals surface area contributed by atoms with Gasteiger partial charge in [-0.25, -0.2) is 8.42 Å². The van der Waals surface area contributed by atoms with Gasteiger partial charge in [0.25, 0.3) is 0 Å². The first-order chi connectivity index (χ1) is 8.60. The third kappa shape index (κ3) is 3.49. The molecule has 0 aliphatic heterocycles. The summed E-state index contributed by atoms with van der Waals surface area (Å²) < 4.78 is 26.6. The van der Waals surface area contributed by atoms with Gasteiger partial charge >= 0.3 is 0 Å². The van der Waals surface area contributed by atoms with Crippen molar-refractivity contribution in [3.8, 4) is 0 Å². The quantitative estimate of drug-likeness (QED) is 0.687. The van der Waals surface area contributed by atoms with Gasteiger partial charge in [0.1, 0.15) is 0 Å². The van der Waals surface area contributed by atoms with E-state index in [1.807, 2.05) is 20.8 Å². The smallest absolute Gasteiger partial charge is 0.243 e. The number of benzene rings is 1. The Balaban J connectivity index is 3.34. The second-order valence-electron chi connectivity index (χ2n) is 5.18. The van der Waals surface area contributed by atoms with Crippen LogP contribution in [0.25, 0.3) is 0 Å². The summed E-state index contributed by atoms with van der Waals surface area (Å²) in [7, 11) is -3.64. The largest absolute Gasteiger partial charge is 0.398 e. The zero-order valence-electron chi connectivity index (χ0n) is 11.4. The maximum atomic E-state index is 12.6. The molecule has 19 heavy (non-hydrogen) atoms. The first-order valence-electron chi connectivity index (χ1n) is 5.79. The molecule has 1 aromatic rings. The van der Waals surface area contributed by atoms with Gasteiger partial charge in [0.05, 0.1) is 15.6 Å². The fraction of sp³-hybridized carbons (Fsp3) is 0.385. The number of anilines is 1. The van der Waals surface area contributed by atoms with E-state index >= 15 is 0 Å². The molecule has 0 saturated carbocycles. The van der Waals surface area contributed by atoms with Crippen LogP contribution in [0.15, 0.2) is 35.7 Å². The highest BCUT2D eigenvalue weighted by Crippen LogP contribution is 2.28. The highest BCUT2D eigenvalue weighted by molar-refractivity contribution is 7.89. The van der Waals surface area contributed by atoms with Crippen LogP contribution >= 0.6 is 11.6 Å². The summed E-state index contributed by atoms with van der Waals surface area (Å²) in [5.74, 6) is 0. The first kappa shape index (κ1) is 16.0. The van der Waals surface area contributed by atoms with Crippen LogP contribution in [-0.4, -0.2) is 24.8 Å². The third-order valence-electron chi connectivity index (χ3n) is 2.60. The summed E-state index contributed by atoms with van der Waals surface area (Å²) in [6, 6.07) is 4.32. The normalized spacial score (nSPS) is 12.7. The molecule has 0 radical (unpaired) electrons. The number of nitrogens with zero attached hydrogens (tertiary/aromatic N) is 1. The standard InChI is InChI=1S/C13H19ClN2O2S/c1-5-8-16(13(2,3)4)19(17,18)10-6-7-12(15)11(14)9-10/h5-7,9H,1,8,15H2,2-4H3. The Morgan fingerprint density at radius 1 is 1.42 bits per heavy atom. The Hall–Kier alpha value is -1.04. The van der Waals surface area contributed by atoms with Crippen LogP contribution in [0.3, 0.4) is 0 Å². The Labute approximate surface area is 119 Å². The summed E-state index contributed by atoms with van der Waals surface area (Å²) in [6.45, 7) is 9.31. The third-order valence-corrected chi connectivity index (χ3v) is 5.06. The van der Waals surface area contributed by atoms with Crippen molar-refractivity contribution in [2.75, 3.05) is 12.3 Å². The van der Waals surface area contributed by atoms with Crippen molar-refractivity contribution in [2.45, 2.75) is 31.2 Å². The van der Waals surface area contributed by atoms with Crippen LogP contribution in [0, 0.1) is 0 Å². The molecule has 106 valence electrons. The van der Waals surface area contributed by atoms with Gasteiger partial charge in [-0.2, -0.15) is 4.31 Å². The Morgan fingerprint density at radius 3 is 2.42 bits per heavy atom. The van der Waals surface area contributed by atoms with Crippen molar-refractivity contribution in [3.63, 3.8) is 0 Å². The van der Waals surface area contributed by atoms with Gasteiger partial charge in [0, 0.05) is 12.1 Å². The maximum Gasteiger partial charge on any atom is 0.243 e. The molecule has 0 spiro atoms. The Bertz CT molecular complexity index is 577. The van der Waals surface area contributed by atoms with Gasteiger partial charge in [-0.3, -0.25) is 0 Å². The lowest BCUT2D eigenvalue weighted by Crippen LogP contribution is -2.45. The topological polar surface area (TPSA) is 63.4 Å². The van der Waals surface area contributed by atoms with Crippen LogP contribution in [0.4, 0.5) is 5.69 Å². The van der Waals surface area contributed by atoms with Gasteiger partial charge in [-0.05, 0) is 39.0 Å². The second-order valence-corrected chi connectivity index (χ2v) is 7.45. The van der Waals surface area contributed by atoms with Crippen molar-refractivity contribution in [2.24, 2.45) is 0 Å². The van der Waals surface area contributed by atoms with Crippen molar-refractivity contribution in [1.82, 2.24) is 4.31 Å². The molecule has 0 unspecified atom stereocenters. The van der Waals surface area contributed by atoms with Gasteiger partial charge in [-0.1, -0.05) is 17.7 Å². The second kappa shape index (κ2) is 5.53. The van der Waals surface area contributed by atoms with Crippen LogP contribution < -0.4 is 5.73 Å². The van der Waals surface area contributed by atoms with Crippen LogP contribution in [-0.2, 0) is 10.0 Å². The molecule has 0 saturated heterocycles. The van der Waals surface area contributed by atoms with E-state index in [4.69, 9.17) is 17.3 Å². The molecule has 0 fully saturated rings. The molecule has 2 N–H and O–H groups in total. The van der Waals surface area contributed by atoms with E-state index in [0.29, 0.717) is 5.69 Å². The summed E-state index contributed by atoms with van der Waals surface area (Å²) >= 11 is 5.89. The van der Waals surface area contributed by atoms with E-state index in [0.717, 1.165) is 0 Å². The SMILES string of the molecule is C=CCN(C(C)(C)C)S(=O)(=O)c1ccc(N)c(Cl)c1. The lowest BCUT2D eigenvalue weighted by atomic mass is 10.1. The number of nitrogen functional groups attached to an aromatic ring is 1. The van der Waals surface area contributed by atoms with Gasteiger partial charge in [0.15, 0.2) is 0 Å². The van der Waals surface area contributed by atoms with E-state index in [9.17, 15) is 8.42 Å². The zero-order chi connectivity index (χ0) is 14.8. The number of halogens is 1. The van der Waals surface area contributed by atoms with Gasteiger partial charge < -0.3 is 5.73 Å². The molecule has 0 aliphatic rings. The van der Waals surface area contributed by atoms with Gasteiger partial charge in [-0.15, -0.1) is 6.58 Å². The predicted octanol–water partition coefficient (Wildman–Crippen LogP) is 2.90. The minimum Gasteiger partial charge on any atom is -0.398 e. The van der Waals surface area contributed by atoms with E-state index in [2.05, 4.69) is 6.58 Å². The molecular weight excluding hydrogens is 284 g/mol. The number of nitrogens with two attached hydrogens (primary N) is 1. The minimum atomic E-state index is -3.64. The van der Waals surface area contributed by atoms with E-state index in [1.54, 1.807) is 6.08 Å². The number of hydrogen-bond acceptors (Lipinski definition) is 3. The van der Waals surface area contributed by atoms with Crippen LogP contribution in [0.2, 0.25) is 5.02 Å². The average Bonchev–Trinajstić information content (AvgIpc) is 2.27. The number of sulfonamides is 1. The summed E-state index contributed by atoms with van der Waals surface area (Å²) in [6.07, 6.45) is 1.56. The van der Waals surface area contributed by atoms with E-state index in [-0.39, 0.29) is 16.5 Å². The molecule has 4 nitrogen and oxygen atoms in total. The minimum absolute atomic E-state index is 0.128. The first-order valence-corrected chi connectivity index (χ1v) is 7.61. The summed E-state index contributed by atoms with van der Waals surface area (Å²) in [5, 5.41) is 0.230. The monoisotopic (exact) mass is 302 g/mol. The Morgan fingerprint density at radius 2 is 2.00 bits per heavy atom. The van der Waals surface area contributed by atoms with E-state index in [1.165, 1.54) is 22.5 Å². The lowest BCUT2D eigenvalue weighted by Gasteiger charge is -2.33. The summed E-state index contributed by atoms with van der Waals surface area (Å²) in [5.41, 5.74) is 5.39. The van der Waals surface area contributed by atoms with Crippen molar-refractivity contribution in [1.29, 1.82) is 0 Å². The fourth-order valence-electron chi connectivity index (χ4n) is 1.65. The molecule has 0 atom stereocenters. The number of hydrogen-bond donors (Lipinski definition) is 1. The molecule has 0 heterocycles. The Kier molecular flexibility index (Phi) is 4.66. The molecule has 0 bridgehead atoms. The van der Waals surface area contributed by atoms with Crippen molar-refractivity contribution in [3.05, 3.63) is 35.9 Å². The maximum absolute atomic E-state index is 12.6. The highest BCUT2D eigenvalue weighted by atomic mass is 35.5. The summed E-state index contributed by atoms with van der Waals surface area (Å²) in [4.78, 5) is 0.128. The molecule has 6 heteroatoms. The predicted molar refractivity (Wildman–Crippen MR) is 79.7 cm³/mol. The highest BCUT2D eigenvalue weighted by Gasteiger charge is 2.33. The molecular formula is C13H19ClN2O2S. The number of rotatable bonds is 4. The van der Waals surface area contributed by atoms with E-state index < -0.39 is 15.6 Å². The molecule has 1 rings (SSSR count). The van der Waals surface area contributed by atoms with Crippen LogP contribution in [0.5, 0.6) is 0 Å². The van der Waals surface area contributed by atoms with Crippen molar-refractivity contribution >= 4 is 27.3 Å². The van der Waals surface area contributed by atoms with Crippen LogP contribution in [0.1, 0.15) is 20.8 Å². The molecule has 0 aromatic heterocycles. The molecule has 0 amide bonds. The molecule has 1 aromatic carbocycles. The average molecular weight is 303 g/mol. The van der Waals surface area contributed by atoms with Crippen molar-refractivity contribution < 1.29 is 8.42 Å².